The van der Waals surface area contributed by atoms with Crippen LogP contribution in [0.25, 0.3) is 22.3 Å². The number of nitrogens with one attached hydrogen (secondary N) is 2. The van der Waals surface area contributed by atoms with Crippen LogP contribution in [0.5, 0.6) is 5.88 Å². The Balaban J connectivity index is 0.00000117. The van der Waals surface area contributed by atoms with Crippen LogP contribution < -0.4 is 10.1 Å². The molecule has 1 aliphatic rings. The molecule has 6 heteroatoms. The number of carbonyl (C=O) groups is 1. The monoisotopic (exact) mass is 390 g/mol. The van der Waals surface area contributed by atoms with Gasteiger partial charge in [-0.3, -0.25) is 9.78 Å². The van der Waals surface area contributed by atoms with Crippen molar-refractivity contribution in [3.05, 3.63) is 67.0 Å². The van der Waals surface area contributed by atoms with Crippen molar-refractivity contribution < 1.29 is 9.53 Å². The largest absolute Gasteiger partial charge is 0.473 e. The minimum Gasteiger partial charge on any atom is -0.473 e. The van der Waals surface area contributed by atoms with Gasteiger partial charge in [0.05, 0.1) is 11.1 Å². The Morgan fingerprint density at radius 2 is 2.03 bits per heavy atom. The molecule has 1 aliphatic heterocycles. The molecule has 0 saturated carbocycles. The van der Waals surface area contributed by atoms with Crippen molar-refractivity contribution in [1.82, 2.24) is 20.3 Å². The number of pyridine rings is 2. The van der Waals surface area contributed by atoms with Gasteiger partial charge in [0.1, 0.15) is 12.1 Å². The minimum absolute atomic E-state index is 0.0610. The summed E-state index contributed by atoms with van der Waals surface area (Å²) >= 11 is 0. The van der Waals surface area contributed by atoms with Gasteiger partial charge in [-0.15, -0.1) is 6.58 Å². The quantitative estimate of drug-likeness (QED) is 0.602. The Bertz CT molecular complexity index is 1040. The van der Waals surface area contributed by atoms with Crippen LogP contribution in [-0.2, 0) is 0 Å². The smallest absolute Gasteiger partial charge is 0.253 e. The van der Waals surface area contributed by atoms with Crippen LogP contribution in [0.4, 0.5) is 0 Å². The third-order valence-corrected chi connectivity index (χ3v) is 4.66. The molecule has 0 saturated heterocycles. The van der Waals surface area contributed by atoms with E-state index in [1.165, 1.54) is 0 Å². The molecule has 0 bridgehead atoms. The Morgan fingerprint density at radius 1 is 1.21 bits per heavy atom. The number of hydrogen-bond donors (Lipinski definition) is 2. The van der Waals surface area contributed by atoms with Gasteiger partial charge < -0.3 is 15.0 Å². The number of aromatic nitrogens is 3. The molecule has 0 fully saturated rings. The molecule has 6 nitrogen and oxygen atoms in total. The molecular weight excluding hydrogens is 364 g/mol. The first-order valence-corrected chi connectivity index (χ1v) is 9.83. The number of carbonyl (C=O) groups excluding carboxylic acids is 1. The number of aromatic amines is 1. The van der Waals surface area contributed by atoms with Gasteiger partial charge in [-0.1, -0.05) is 32.6 Å². The fourth-order valence-electron chi connectivity index (χ4n) is 3.39. The van der Waals surface area contributed by atoms with Gasteiger partial charge in [0.2, 0.25) is 5.88 Å². The minimum atomic E-state index is -0.0610. The number of H-pyrrole nitrogens is 1. The van der Waals surface area contributed by atoms with Crippen molar-refractivity contribution in [1.29, 1.82) is 0 Å². The van der Waals surface area contributed by atoms with E-state index < -0.39 is 0 Å². The molecule has 1 atom stereocenters. The summed E-state index contributed by atoms with van der Waals surface area (Å²) in [6, 6.07) is 7.44. The lowest BCUT2D eigenvalue weighted by Gasteiger charge is -2.21. The van der Waals surface area contributed by atoms with Crippen LogP contribution in [-0.4, -0.2) is 34.0 Å². The summed E-state index contributed by atoms with van der Waals surface area (Å²) in [6.07, 6.45) is 6.08. The average Bonchev–Trinajstić information content (AvgIpc) is 3.21. The van der Waals surface area contributed by atoms with Crippen molar-refractivity contribution in [3.8, 4) is 17.1 Å². The molecule has 0 aromatic carbocycles. The van der Waals surface area contributed by atoms with E-state index in [-0.39, 0.29) is 11.8 Å². The molecular formula is C23H26N4O2. The van der Waals surface area contributed by atoms with Crippen LogP contribution in [0.15, 0.2) is 55.8 Å². The summed E-state index contributed by atoms with van der Waals surface area (Å²) in [5.41, 5.74) is 4.82. The fraction of sp³-hybridized carbons (Fsp3) is 0.261. The standard InChI is InChI=1S/C21H20N4O2.C2H6/c1-3-5-13-12-23-21(26)15-11-17(24-19(13)15)14-8-9-22-16-6-7-18(25-20(14)16)27-10-4-2;1-2/h3-4,6-9,11,13,24H,1-2,5,10,12H2,(H,23,26);1-2H3. The summed E-state index contributed by atoms with van der Waals surface area (Å²) in [5.74, 6) is 0.640. The van der Waals surface area contributed by atoms with Gasteiger partial charge >= 0.3 is 0 Å². The van der Waals surface area contributed by atoms with Crippen molar-refractivity contribution >= 4 is 16.9 Å². The normalized spacial score (nSPS) is 15.0. The van der Waals surface area contributed by atoms with E-state index in [4.69, 9.17) is 4.74 Å². The maximum absolute atomic E-state index is 12.3. The Morgan fingerprint density at radius 3 is 2.79 bits per heavy atom. The molecule has 29 heavy (non-hydrogen) atoms. The van der Waals surface area contributed by atoms with Crippen LogP contribution in [0, 0.1) is 0 Å². The highest BCUT2D eigenvalue weighted by Gasteiger charge is 2.27. The van der Waals surface area contributed by atoms with Crippen LogP contribution in [0.1, 0.15) is 42.2 Å². The van der Waals surface area contributed by atoms with E-state index in [0.29, 0.717) is 24.6 Å². The van der Waals surface area contributed by atoms with E-state index >= 15 is 0 Å². The molecule has 3 aromatic heterocycles. The highest BCUT2D eigenvalue weighted by molar-refractivity contribution is 5.99. The number of allylic oxidation sites excluding steroid dienone is 1. The Hall–Kier alpha value is -3.41. The molecule has 0 aliphatic carbocycles. The lowest BCUT2D eigenvalue weighted by molar-refractivity contribution is 0.0940. The van der Waals surface area contributed by atoms with Gasteiger partial charge in [-0.25, -0.2) is 4.98 Å². The summed E-state index contributed by atoms with van der Waals surface area (Å²) in [6.45, 7) is 12.5. The molecule has 150 valence electrons. The number of fused-ring (bicyclic) bond motifs is 2. The van der Waals surface area contributed by atoms with Crippen LogP contribution >= 0.6 is 0 Å². The van der Waals surface area contributed by atoms with Gasteiger partial charge in [0.15, 0.2) is 0 Å². The second-order valence-electron chi connectivity index (χ2n) is 6.42. The Labute approximate surface area is 170 Å². The van der Waals surface area contributed by atoms with Crippen LogP contribution in [0.3, 0.4) is 0 Å². The highest BCUT2D eigenvalue weighted by Crippen LogP contribution is 2.33. The topological polar surface area (TPSA) is 79.9 Å². The third-order valence-electron chi connectivity index (χ3n) is 4.66. The summed E-state index contributed by atoms with van der Waals surface area (Å²) in [4.78, 5) is 24.7. The summed E-state index contributed by atoms with van der Waals surface area (Å²) in [7, 11) is 0. The molecule has 4 rings (SSSR count). The lowest BCUT2D eigenvalue weighted by Crippen LogP contribution is -2.34. The maximum atomic E-state index is 12.3. The first-order chi connectivity index (χ1) is 14.2. The number of amides is 1. The SMILES string of the molecule is C=CCOc1ccc2nccc(-c3cc4c([nH]3)C(CC=C)CNC4=O)c2n1.CC. The average molecular weight is 390 g/mol. The zero-order valence-corrected chi connectivity index (χ0v) is 16.9. The summed E-state index contributed by atoms with van der Waals surface area (Å²) < 4.78 is 5.56. The lowest BCUT2D eigenvalue weighted by atomic mass is 9.94. The van der Waals surface area contributed by atoms with E-state index in [0.717, 1.165) is 34.4 Å². The number of rotatable bonds is 6. The van der Waals surface area contributed by atoms with Crippen LogP contribution in [0.2, 0.25) is 0 Å². The van der Waals surface area contributed by atoms with Gasteiger partial charge in [0.25, 0.3) is 5.91 Å². The van der Waals surface area contributed by atoms with Crippen molar-refractivity contribution in [2.45, 2.75) is 26.2 Å². The molecule has 2 N–H and O–H groups in total. The molecule has 0 spiro atoms. The second-order valence-corrected chi connectivity index (χ2v) is 6.42. The van der Waals surface area contributed by atoms with E-state index in [9.17, 15) is 4.79 Å². The molecule has 4 heterocycles. The van der Waals surface area contributed by atoms with Crippen molar-refractivity contribution in [3.63, 3.8) is 0 Å². The predicted octanol–water partition coefficient (Wildman–Crippen LogP) is 4.62. The third kappa shape index (κ3) is 4.06. The zero-order chi connectivity index (χ0) is 20.8. The van der Waals surface area contributed by atoms with Gasteiger partial charge in [-0.05, 0) is 24.6 Å². The molecule has 3 aromatic rings. The summed E-state index contributed by atoms with van der Waals surface area (Å²) in [5, 5.41) is 2.94. The number of ether oxygens (including phenoxy) is 1. The molecule has 0 radical (unpaired) electrons. The van der Waals surface area contributed by atoms with Gasteiger partial charge in [-0.2, -0.15) is 0 Å². The zero-order valence-electron chi connectivity index (χ0n) is 16.9. The molecule has 1 unspecified atom stereocenters. The molecule has 1 amide bonds. The first kappa shape index (κ1) is 20.3. The van der Waals surface area contributed by atoms with Gasteiger partial charge in [0, 0.05) is 41.7 Å². The predicted molar refractivity (Wildman–Crippen MR) is 116 cm³/mol. The fourth-order valence-corrected chi connectivity index (χ4v) is 3.39. The van der Waals surface area contributed by atoms with Crippen molar-refractivity contribution in [2.24, 2.45) is 0 Å². The van der Waals surface area contributed by atoms with Crippen molar-refractivity contribution in [2.75, 3.05) is 13.2 Å². The highest BCUT2D eigenvalue weighted by atomic mass is 16.5. The van der Waals surface area contributed by atoms with E-state index in [2.05, 4.69) is 33.4 Å². The Kier molecular flexibility index (Phi) is 6.44. The number of nitrogens with zero attached hydrogens (tertiary/aromatic N) is 2. The first-order valence-electron chi connectivity index (χ1n) is 9.83. The second kappa shape index (κ2) is 9.19. The maximum Gasteiger partial charge on any atom is 0.253 e. The van der Waals surface area contributed by atoms with E-state index in [1.807, 2.05) is 38.1 Å². The number of hydrogen-bond acceptors (Lipinski definition) is 4. The van der Waals surface area contributed by atoms with E-state index in [1.54, 1.807) is 18.3 Å².